The van der Waals surface area contributed by atoms with Crippen LogP contribution in [0.1, 0.15) is 22.3 Å². The molecule has 256 valence electrons. The summed E-state index contributed by atoms with van der Waals surface area (Å²) in [5.74, 6) is 0. The molecule has 55 heavy (non-hydrogen) atoms. The summed E-state index contributed by atoms with van der Waals surface area (Å²) >= 11 is 3.75. The number of hydrogen-bond acceptors (Lipinski definition) is 2. The smallest absolute Gasteiger partial charge is 0.0719 e. The van der Waals surface area contributed by atoms with Crippen molar-refractivity contribution in [2.45, 2.75) is 5.41 Å². The lowest BCUT2D eigenvalue weighted by molar-refractivity contribution is 0.776. The number of benzene rings is 9. The van der Waals surface area contributed by atoms with Crippen molar-refractivity contribution in [2.75, 3.05) is 0 Å². The van der Waals surface area contributed by atoms with E-state index in [2.05, 4.69) is 194 Å². The Morgan fingerprint density at radius 1 is 0.309 bits per heavy atom. The fraction of sp³-hybridized carbons (Fsp3) is 0.0189. The predicted molar refractivity (Wildman–Crippen MR) is 238 cm³/mol. The van der Waals surface area contributed by atoms with Crippen molar-refractivity contribution in [1.29, 1.82) is 0 Å². The zero-order chi connectivity index (χ0) is 36.1. The number of fused-ring (bicyclic) bond motifs is 11. The topological polar surface area (TPSA) is 0 Å². The van der Waals surface area contributed by atoms with Crippen LogP contribution >= 0.6 is 22.7 Å². The van der Waals surface area contributed by atoms with Gasteiger partial charge in [-0.1, -0.05) is 146 Å². The second-order valence-electron chi connectivity index (χ2n) is 14.8. The van der Waals surface area contributed by atoms with E-state index in [1.807, 2.05) is 22.7 Å². The molecule has 9 aromatic carbocycles. The summed E-state index contributed by atoms with van der Waals surface area (Å²) in [6.07, 6.45) is 0. The molecule has 0 saturated heterocycles. The predicted octanol–water partition coefficient (Wildman–Crippen LogP) is 15.3. The molecule has 2 aromatic heterocycles. The Labute approximate surface area is 327 Å². The average Bonchev–Trinajstić information content (AvgIpc) is 3.91. The van der Waals surface area contributed by atoms with E-state index in [0.29, 0.717) is 0 Å². The molecule has 0 amide bonds. The second kappa shape index (κ2) is 11.8. The van der Waals surface area contributed by atoms with Gasteiger partial charge in [-0.05, 0) is 115 Å². The monoisotopic (exact) mass is 732 g/mol. The minimum Gasteiger partial charge on any atom is -0.135 e. The Bertz CT molecular complexity index is 3270. The second-order valence-corrected chi connectivity index (χ2v) is 17.0. The molecule has 2 heterocycles. The third kappa shape index (κ3) is 4.50. The van der Waals surface area contributed by atoms with E-state index in [4.69, 9.17) is 0 Å². The van der Waals surface area contributed by atoms with Crippen LogP contribution in [0, 0.1) is 0 Å². The van der Waals surface area contributed by atoms with Crippen LogP contribution in [0.3, 0.4) is 0 Å². The van der Waals surface area contributed by atoms with E-state index in [9.17, 15) is 0 Å². The van der Waals surface area contributed by atoms with E-state index < -0.39 is 5.41 Å². The van der Waals surface area contributed by atoms with Crippen molar-refractivity contribution < 1.29 is 0 Å². The van der Waals surface area contributed by atoms with Gasteiger partial charge < -0.3 is 0 Å². The van der Waals surface area contributed by atoms with Crippen molar-refractivity contribution in [3.05, 3.63) is 216 Å². The number of thiophene rings is 2. The largest absolute Gasteiger partial charge is 0.135 e. The van der Waals surface area contributed by atoms with Crippen LogP contribution in [-0.2, 0) is 5.41 Å². The molecule has 0 fully saturated rings. The standard InChI is InChI=1S/C53H32S2/c1-3-11-38(12-4-1)53(39-13-5-2-6-14-39)47-32-36(35-23-28-51-46(31-35)43-16-8-10-18-49(43)55-51)20-25-41(47)44-26-21-37-29-33(19-24-40(37)52(44)53)34-22-27-50-45(30-34)42-15-7-9-17-48(42)54-50/h1-32H. The van der Waals surface area contributed by atoms with Crippen LogP contribution in [0.2, 0.25) is 0 Å². The maximum atomic E-state index is 2.49. The fourth-order valence-corrected chi connectivity index (χ4v) is 11.7. The van der Waals surface area contributed by atoms with Crippen LogP contribution in [-0.4, -0.2) is 0 Å². The van der Waals surface area contributed by atoms with Gasteiger partial charge in [-0.2, -0.15) is 0 Å². The Kier molecular flexibility index (Phi) is 6.69. The lowest BCUT2D eigenvalue weighted by Crippen LogP contribution is -2.28. The Hall–Kier alpha value is -6.32. The summed E-state index contributed by atoms with van der Waals surface area (Å²) in [5.41, 5.74) is 12.3. The molecule has 0 atom stereocenters. The molecule has 0 spiro atoms. The van der Waals surface area contributed by atoms with Crippen molar-refractivity contribution in [3.63, 3.8) is 0 Å². The summed E-state index contributed by atoms with van der Waals surface area (Å²) in [6, 6.07) is 73.0. The molecule has 0 N–H and O–H groups in total. The highest BCUT2D eigenvalue weighted by atomic mass is 32.1. The number of hydrogen-bond donors (Lipinski definition) is 0. The number of rotatable bonds is 4. The Balaban J connectivity index is 1.10. The first-order valence-electron chi connectivity index (χ1n) is 18.9. The lowest BCUT2D eigenvalue weighted by Gasteiger charge is -2.35. The van der Waals surface area contributed by atoms with Gasteiger partial charge in [-0.3, -0.25) is 0 Å². The van der Waals surface area contributed by atoms with E-state index in [-0.39, 0.29) is 0 Å². The van der Waals surface area contributed by atoms with Crippen molar-refractivity contribution in [3.8, 4) is 33.4 Å². The minimum absolute atomic E-state index is 0.516. The van der Waals surface area contributed by atoms with Gasteiger partial charge in [-0.25, -0.2) is 0 Å². The van der Waals surface area contributed by atoms with Gasteiger partial charge in [0.15, 0.2) is 0 Å². The van der Waals surface area contributed by atoms with E-state index >= 15 is 0 Å². The molecule has 0 nitrogen and oxygen atoms in total. The maximum Gasteiger partial charge on any atom is 0.0719 e. The molecular formula is C53H32S2. The molecule has 2 heteroatoms. The van der Waals surface area contributed by atoms with Crippen molar-refractivity contribution in [1.82, 2.24) is 0 Å². The lowest BCUT2D eigenvalue weighted by atomic mass is 9.66. The van der Waals surface area contributed by atoms with Gasteiger partial charge in [-0.15, -0.1) is 22.7 Å². The summed E-state index contributed by atoms with van der Waals surface area (Å²) in [7, 11) is 0. The van der Waals surface area contributed by atoms with Crippen LogP contribution in [0.25, 0.3) is 84.5 Å². The highest BCUT2D eigenvalue weighted by Gasteiger charge is 2.47. The highest BCUT2D eigenvalue weighted by Crippen LogP contribution is 2.59. The van der Waals surface area contributed by atoms with Crippen LogP contribution in [0.4, 0.5) is 0 Å². The van der Waals surface area contributed by atoms with Gasteiger partial charge >= 0.3 is 0 Å². The molecule has 0 aliphatic heterocycles. The van der Waals surface area contributed by atoms with Gasteiger partial charge in [0.1, 0.15) is 0 Å². The SMILES string of the molecule is c1ccc(C2(c3ccccc3)c3cc(-c4ccc5sc6ccccc6c5c4)ccc3-c3ccc4cc(-c5ccc6sc7ccccc7c6c5)ccc4c32)cc1. The molecule has 0 radical (unpaired) electrons. The summed E-state index contributed by atoms with van der Waals surface area (Å²) < 4.78 is 5.34. The Morgan fingerprint density at radius 3 is 1.40 bits per heavy atom. The van der Waals surface area contributed by atoms with Gasteiger partial charge in [0.25, 0.3) is 0 Å². The minimum atomic E-state index is -0.516. The molecule has 0 saturated carbocycles. The Morgan fingerprint density at radius 2 is 0.782 bits per heavy atom. The average molecular weight is 733 g/mol. The molecular weight excluding hydrogens is 701 g/mol. The van der Waals surface area contributed by atoms with Gasteiger partial charge in [0, 0.05) is 40.3 Å². The fourth-order valence-electron chi connectivity index (χ4n) is 9.50. The van der Waals surface area contributed by atoms with Crippen LogP contribution in [0.5, 0.6) is 0 Å². The molecule has 1 aliphatic rings. The van der Waals surface area contributed by atoms with E-state index in [1.165, 1.54) is 107 Å². The van der Waals surface area contributed by atoms with Crippen LogP contribution in [0.15, 0.2) is 194 Å². The quantitative estimate of drug-likeness (QED) is 0.169. The summed E-state index contributed by atoms with van der Waals surface area (Å²) in [5, 5.41) is 7.87. The van der Waals surface area contributed by atoms with Crippen LogP contribution < -0.4 is 0 Å². The summed E-state index contributed by atoms with van der Waals surface area (Å²) in [4.78, 5) is 0. The van der Waals surface area contributed by atoms with Gasteiger partial charge in [0.2, 0.25) is 0 Å². The van der Waals surface area contributed by atoms with E-state index in [0.717, 1.165) is 0 Å². The third-order valence-electron chi connectivity index (χ3n) is 11.9. The van der Waals surface area contributed by atoms with Crippen molar-refractivity contribution >= 4 is 73.8 Å². The molecule has 0 bridgehead atoms. The molecule has 11 aromatic rings. The molecule has 1 aliphatic carbocycles. The molecule has 12 rings (SSSR count). The first-order valence-corrected chi connectivity index (χ1v) is 20.5. The van der Waals surface area contributed by atoms with E-state index in [1.54, 1.807) is 0 Å². The first kappa shape index (κ1) is 31.1. The molecule has 0 unspecified atom stereocenters. The summed E-state index contributed by atoms with van der Waals surface area (Å²) in [6.45, 7) is 0. The zero-order valence-electron chi connectivity index (χ0n) is 29.8. The zero-order valence-corrected chi connectivity index (χ0v) is 31.4. The first-order chi connectivity index (χ1) is 27.2. The van der Waals surface area contributed by atoms with Crippen molar-refractivity contribution in [2.24, 2.45) is 0 Å². The highest BCUT2D eigenvalue weighted by molar-refractivity contribution is 7.26. The third-order valence-corrected chi connectivity index (χ3v) is 14.2. The normalized spacial score (nSPS) is 13.2. The van der Waals surface area contributed by atoms with Gasteiger partial charge in [0.05, 0.1) is 5.41 Å². The maximum absolute atomic E-state index is 2.49.